The van der Waals surface area contributed by atoms with Crippen LogP contribution in [0.4, 0.5) is 26.7 Å². The second-order valence-corrected chi connectivity index (χ2v) is 10.8. The largest absolute Gasteiger partial charge is 0.447 e. The molecule has 1 atom stereocenters. The lowest BCUT2D eigenvalue weighted by atomic mass is 10.0. The smallest absolute Gasteiger partial charge is 0.411 e. The van der Waals surface area contributed by atoms with Gasteiger partial charge in [-0.25, -0.2) is 9.48 Å². The number of alkyl carbamates (subject to hydrolysis) is 1. The Kier molecular flexibility index (Phi) is 9.41. The van der Waals surface area contributed by atoms with Crippen LogP contribution in [-0.4, -0.2) is 78.1 Å². The minimum absolute atomic E-state index is 0.0695. The molecule has 0 saturated heterocycles. The first kappa shape index (κ1) is 33.2. The Balaban J connectivity index is 1.50. The van der Waals surface area contributed by atoms with Crippen LogP contribution < -0.4 is 11.1 Å². The number of halogens is 6. The van der Waals surface area contributed by atoms with Crippen molar-refractivity contribution in [2.45, 2.75) is 44.1 Å². The number of nitrogens with two attached hydrogens (primary N) is 1. The number of nitrogens with zero attached hydrogens (tertiary/aromatic N) is 7. The highest BCUT2D eigenvalue weighted by Gasteiger charge is 2.64. The zero-order valence-corrected chi connectivity index (χ0v) is 25.1. The van der Waals surface area contributed by atoms with Crippen LogP contribution in [0.3, 0.4) is 0 Å². The molecule has 2 aromatic heterocycles. The SMILES string of the molecule is CCN=C(N)N(C(=O)c1ccc(-c2cnn(C(F)F)c2)cc1)[C@H](COC(=O)NC1(C(F)(F)F)CC1)c1ccc(Cl)c(-c2nn[nH]n2)c1. The summed E-state index contributed by atoms with van der Waals surface area (Å²) in [6, 6.07) is 9.04. The second kappa shape index (κ2) is 13.3. The maximum atomic E-state index is 14.1. The number of benzene rings is 2. The van der Waals surface area contributed by atoms with Crippen molar-refractivity contribution in [1.29, 1.82) is 0 Å². The standard InChI is InChI=1S/C28H26ClF5N10O3/c1-2-36-25(35)44(23(45)16-5-3-15(4-6-16)18-12-37-43(13-18)24(30)31)21(14-47-26(46)38-27(9-10-27)28(32,33)34)17-7-8-20(29)19(11-17)22-39-41-42-40-22/h3-8,11-13,21,24H,2,9-10,14H2,1H3,(H2,35,36)(H,38,46)(H,39,40,41,42)/t21-/m1/s1. The average molecular weight is 681 g/mol. The summed E-state index contributed by atoms with van der Waals surface area (Å²) in [7, 11) is 0. The van der Waals surface area contributed by atoms with Gasteiger partial charge in [0.1, 0.15) is 12.1 Å². The molecule has 47 heavy (non-hydrogen) atoms. The molecular weight excluding hydrogens is 655 g/mol. The summed E-state index contributed by atoms with van der Waals surface area (Å²) in [6.45, 7) is -1.70. The molecule has 1 aliphatic rings. The van der Waals surface area contributed by atoms with Crippen molar-refractivity contribution in [3.8, 4) is 22.5 Å². The number of tetrazole rings is 1. The van der Waals surface area contributed by atoms with Crippen molar-refractivity contribution in [2.75, 3.05) is 13.2 Å². The Morgan fingerprint density at radius 1 is 1.19 bits per heavy atom. The summed E-state index contributed by atoms with van der Waals surface area (Å²) < 4.78 is 72.3. The van der Waals surface area contributed by atoms with E-state index in [4.69, 9.17) is 22.1 Å². The van der Waals surface area contributed by atoms with Gasteiger partial charge >= 0.3 is 18.8 Å². The lowest BCUT2D eigenvalue weighted by Gasteiger charge is -2.31. The van der Waals surface area contributed by atoms with Crippen molar-refractivity contribution in [2.24, 2.45) is 10.7 Å². The third-order valence-corrected chi connectivity index (χ3v) is 7.66. The molecule has 0 unspecified atom stereocenters. The maximum Gasteiger partial charge on any atom is 0.411 e. The van der Waals surface area contributed by atoms with E-state index in [0.29, 0.717) is 15.8 Å². The van der Waals surface area contributed by atoms with E-state index in [-0.39, 0.29) is 52.9 Å². The Bertz CT molecular complexity index is 1760. The number of aromatic amines is 1. The van der Waals surface area contributed by atoms with Crippen molar-refractivity contribution in [3.05, 3.63) is 71.0 Å². The van der Waals surface area contributed by atoms with Crippen LogP contribution in [0.5, 0.6) is 0 Å². The number of carbonyl (C=O) groups is 2. The molecule has 0 aliphatic heterocycles. The van der Waals surface area contributed by atoms with Gasteiger partial charge in [-0.1, -0.05) is 29.8 Å². The number of guanidine groups is 1. The van der Waals surface area contributed by atoms with E-state index in [1.54, 1.807) is 6.92 Å². The lowest BCUT2D eigenvalue weighted by molar-refractivity contribution is -0.164. The van der Waals surface area contributed by atoms with Crippen molar-refractivity contribution in [1.82, 2.24) is 40.6 Å². The summed E-state index contributed by atoms with van der Waals surface area (Å²) in [5.41, 5.74) is 5.37. The summed E-state index contributed by atoms with van der Waals surface area (Å²) in [5.74, 6) is -0.929. The molecule has 2 heterocycles. The van der Waals surface area contributed by atoms with Crippen LogP contribution >= 0.6 is 11.6 Å². The average Bonchev–Trinajstić information content (AvgIpc) is 3.40. The zero-order valence-electron chi connectivity index (χ0n) is 24.4. The van der Waals surface area contributed by atoms with Gasteiger partial charge in [0.2, 0.25) is 5.82 Å². The van der Waals surface area contributed by atoms with Gasteiger partial charge in [0.15, 0.2) is 5.96 Å². The van der Waals surface area contributed by atoms with Gasteiger partial charge in [-0.05, 0) is 60.4 Å². The van der Waals surface area contributed by atoms with E-state index in [9.17, 15) is 31.5 Å². The van der Waals surface area contributed by atoms with Crippen molar-refractivity contribution >= 4 is 29.6 Å². The number of alkyl halides is 5. The number of nitrogens with one attached hydrogen (secondary N) is 2. The number of H-pyrrole nitrogens is 1. The Morgan fingerprint density at radius 3 is 2.49 bits per heavy atom. The molecule has 19 heteroatoms. The topological polar surface area (TPSA) is 169 Å². The molecule has 2 amide bonds. The van der Waals surface area contributed by atoms with Gasteiger partial charge in [0.25, 0.3) is 5.91 Å². The number of amides is 2. The van der Waals surface area contributed by atoms with Gasteiger partial charge in [-0.2, -0.15) is 32.3 Å². The first-order valence-electron chi connectivity index (χ1n) is 13.9. The zero-order chi connectivity index (χ0) is 33.9. The van der Waals surface area contributed by atoms with Gasteiger partial charge in [-0.15, -0.1) is 10.2 Å². The number of rotatable bonds is 10. The molecule has 1 aliphatic carbocycles. The highest BCUT2D eigenvalue weighted by atomic mass is 35.5. The fourth-order valence-electron chi connectivity index (χ4n) is 4.69. The third kappa shape index (κ3) is 7.16. The summed E-state index contributed by atoms with van der Waals surface area (Å²) in [6.07, 6.45) is -4.27. The monoisotopic (exact) mass is 680 g/mol. The van der Waals surface area contributed by atoms with Gasteiger partial charge in [0.05, 0.1) is 17.3 Å². The second-order valence-electron chi connectivity index (χ2n) is 10.4. The molecule has 1 saturated carbocycles. The number of carbonyl (C=O) groups excluding carboxylic acids is 2. The molecule has 4 N–H and O–H groups in total. The lowest BCUT2D eigenvalue weighted by Crippen LogP contribution is -2.49. The van der Waals surface area contributed by atoms with Crippen molar-refractivity contribution < 1.29 is 36.3 Å². The van der Waals surface area contributed by atoms with Crippen LogP contribution in [-0.2, 0) is 4.74 Å². The molecule has 2 aromatic carbocycles. The van der Waals surface area contributed by atoms with E-state index in [0.717, 1.165) is 11.1 Å². The molecule has 0 radical (unpaired) electrons. The molecule has 4 aromatic rings. The highest BCUT2D eigenvalue weighted by Crippen LogP contribution is 2.49. The third-order valence-electron chi connectivity index (χ3n) is 7.33. The maximum absolute atomic E-state index is 14.1. The quantitative estimate of drug-likeness (QED) is 0.118. The van der Waals surface area contributed by atoms with Gasteiger partial charge in [0, 0.05) is 29.4 Å². The van der Waals surface area contributed by atoms with Crippen molar-refractivity contribution in [3.63, 3.8) is 0 Å². The predicted octanol–water partition coefficient (Wildman–Crippen LogP) is 5.12. The van der Waals surface area contributed by atoms with Crippen LogP contribution in [0.15, 0.2) is 59.9 Å². The number of hydrogen-bond donors (Lipinski definition) is 3. The van der Waals surface area contributed by atoms with E-state index >= 15 is 0 Å². The summed E-state index contributed by atoms with van der Waals surface area (Å²) in [4.78, 5) is 31.9. The van der Waals surface area contributed by atoms with Crippen LogP contribution in [0.2, 0.25) is 5.02 Å². The number of aliphatic imine (C=N–C) groups is 1. The fraction of sp³-hybridized carbons (Fsp3) is 0.321. The number of ether oxygens (including phenoxy) is 1. The Morgan fingerprint density at radius 2 is 1.91 bits per heavy atom. The first-order chi connectivity index (χ1) is 22.3. The predicted molar refractivity (Wildman–Crippen MR) is 157 cm³/mol. The molecule has 248 valence electrons. The molecule has 0 spiro atoms. The number of hydrogen-bond acceptors (Lipinski definition) is 8. The summed E-state index contributed by atoms with van der Waals surface area (Å²) >= 11 is 6.38. The van der Waals surface area contributed by atoms with Crippen LogP contribution in [0, 0.1) is 0 Å². The molecule has 1 fully saturated rings. The normalized spacial score (nSPS) is 14.9. The minimum Gasteiger partial charge on any atom is -0.447 e. The minimum atomic E-state index is -4.69. The highest BCUT2D eigenvalue weighted by molar-refractivity contribution is 6.33. The van der Waals surface area contributed by atoms with E-state index in [2.05, 4.69) is 30.7 Å². The van der Waals surface area contributed by atoms with Gasteiger partial charge < -0.3 is 15.8 Å². The fourth-order valence-corrected chi connectivity index (χ4v) is 4.89. The molecular formula is C28H26ClF5N10O3. The van der Waals surface area contributed by atoms with E-state index in [1.165, 1.54) is 48.7 Å². The van der Waals surface area contributed by atoms with Crippen LogP contribution in [0.1, 0.15) is 48.3 Å². The Labute approximate surface area is 267 Å². The number of aromatic nitrogens is 6. The molecule has 0 bridgehead atoms. The van der Waals surface area contributed by atoms with E-state index < -0.39 is 42.9 Å². The summed E-state index contributed by atoms with van der Waals surface area (Å²) in [5, 5.41) is 19.3. The van der Waals surface area contributed by atoms with E-state index in [1.807, 2.05) is 5.32 Å². The Hall–Kier alpha value is -5.13. The molecule has 5 rings (SSSR count). The van der Waals surface area contributed by atoms with Gasteiger partial charge in [-0.3, -0.25) is 14.7 Å². The van der Waals surface area contributed by atoms with Crippen LogP contribution in [0.25, 0.3) is 22.5 Å². The first-order valence-corrected chi connectivity index (χ1v) is 14.3. The molecule has 13 nitrogen and oxygen atoms in total.